The Morgan fingerprint density at radius 3 is 2.27 bits per heavy atom. The van der Waals surface area contributed by atoms with E-state index in [1.165, 1.54) is 0 Å². The predicted molar refractivity (Wildman–Crippen MR) is 123 cm³/mol. The number of benzene rings is 1. The zero-order chi connectivity index (χ0) is 23.9. The molecule has 0 bridgehead atoms. The molecule has 9 heteroatoms. The summed E-state index contributed by atoms with van der Waals surface area (Å²) >= 11 is 0. The van der Waals surface area contributed by atoms with E-state index >= 15 is 0 Å². The first-order chi connectivity index (χ1) is 15.8. The predicted octanol–water partition coefficient (Wildman–Crippen LogP) is 3.36. The summed E-state index contributed by atoms with van der Waals surface area (Å²) in [7, 11) is 0. The number of carbonyl (C=O) groups is 2. The quantitative estimate of drug-likeness (QED) is 0.472. The van der Waals surface area contributed by atoms with Crippen molar-refractivity contribution in [3.05, 3.63) is 35.9 Å². The van der Waals surface area contributed by atoms with Crippen LogP contribution in [0.4, 0.5) is 9.59 Å². The van der Waals surface area contributed by atoms with Crippen molar-refractivity contribution in [1.29, 1.82) is 0 Å². The van der Waals surface area contributed by atoms with Gasteiger partial charge in [-0.3, -0.25) is 0 Å². The zero-order valence-electron chi connectivity index (χ0n) is 20.0. The minimum atomic E-state index is -0.508. The van der Waals surface area contributed by atoms with E-state index in [4.69, 9.17) is 23.7 Å². The molecule has 33 heavy (non-hydrogen) atoms. The molecule has 1 fully saturated rings. The largest absolute Gasteiger partial charge is 0.445 e. The molecule has 186 valence electrons. The molecule has 0 aliphatic carbocycles. The summed E-state index contributed by atoms with van der Waals surface area (Å²) in [5.74, 6) is 0. The highest BCUT2D eigenvalue weighted by Crippen LogP contribution is 2.15. The smallest absolute Gasteiger partial charge is 0.410 e. The average molecular weight is 467 g/mol. The fourth-order valence-electron chi connectivity index (χ4n) is 3.15. The molecule has 0 atom stereocenters. The summed E-state index contributed by atoms with van der Waals surface area (Å²) in [6, 6.07) is 9.66. The fourth-order valence-corrected chi connectivity index (χ4v) is 3.15. The van der Waals surface area contributed by atoms with E-state index in [0.29, 0.717) is 52.7 Å². The summed E-state index contributed by atoms with van der Waals surface area (Å²) in [5.41, 5.74) is 0.471. The lowest BCUT2D eigenvalue weighted by Gasteiger charge is -2.31. The van der Waals surface area contributed by atoms with Crippen LogP contribution in [0.15, 0.2) is 30.3 Å². The van der Waals surface area contributed by atoms with Crippen LogP contribution >= 0.6 is 0 Å². The Bertz CT molecular complexity index is 686. The number of carbonyl (C=O) groups excluding carboxylic acids is 2. The Morgan fingerprint density at radius 1 is 0.970 bits per heavy atom. The van der Waals surface area contributed by atoms with Crippen molar-refractivity contribution in [1.82, 2.24) is 10.2 Å². The van der Waals surface area contributed by atoms with E-state index < -0.39 is 11.7 Å². The summed E-state index contributed by atoms with van der Waals surface area (Å²) in [6.07, 6.45) is 0.973. The summed E-state index contributed by atoms with van der Waals surface area (Å²) in [6.45, 7) is 9.67. The molecule has 1 heterocycles. The zero-order valence-corrected chi connectivity index (χ0v) is 20.0. The summed E-state index contributed by atoms with van der Waals surface area (Å²) in [5, 5.41) is 2.63. The number of amides is 2. The molecule has 0 radical (unpaired) electrons. The van der Waals surface area contributed by atoms with Gasteiger partial charge in [0.15, 0.2) is 0 Å². The topological polar surface area (TPSA) is 95.6 Å². The van der Waals surface area contributed by atoms with Gasteiger partial charge in [-0.25, -0.2) is 9.59 Å². The van der Waals surface area contributed by atoms with E-state index in [0.717, 1.165) is 18.4 Å². The number of nitrogens with zero attached hydrogens (tertiary/aromatic N) is 1. The van der Waals surface area contributed by atoms with E-state index in [1.54, 1.807) is 4.90 Å². The molecule has 0 saturated carbocycles. The van der Waals surface area contributed by atoms with Crippen LogP contribution in [0.5, 0.6) is 0 Å². The number of likely N-dealkylation sites (tertiary alicyclic amines) is 1. The van der Waals surface area contributed by atoms with E-state index in [1.807, 2.05) is 51.1 Å². The number of hydrogen-bond acceptors (Lipinski definition) is 7. The molecule has 0 spiro atoms. The second kappa shape index (κ2) is 14.7. The van der Waals surface area contributed by atoms with E-state index in [9.17, 15) is 9.59 Å². The Labute approximate surface area is 196 Å². The van der Waals surface area contributed by atoms with Crippen molar-refractivity contribution in [3.63, 3.8) is 0 Å². The number of ether oxygens (including phenoxy) is 5. The van der Waals surface area contributed by atoms with Crippen molar-refractivity contribution in [2.24, 2.45) is 0 Å². The Kier molecular flexibility index (Phi) is 12.0. The van der Waals surface area contributed by atoms with Gasteiger partial charge in [0.25, 0.3) is 0 Å². The lowest BCUT2D eigenvalue weighted by Crippen LogP contribution is -2.41. The third-order valence-electron chi connectivity index (χ3n) is 4.77. The van der Waals surface area contributed by atoms with Crippen LogP contribution in [-0.4, -0.2) is 81.5 Å². The molecule has 9 nitrogen and oxygen atoms in total. The van der Waals surface area contributed by atoms with Gasteiger partial charge in [-0.2, -0.15) is 0 Å². The van der Waals surface area contributed by atoms with Crippen molar-refractivity contribution >= 4 is 12.2 Å². The fraction of sp³-hybridized carbons (Fsp3) is 0.667. The first kappa shape index (κ1) is 26.9. The molecular weight excluding hydrogens is 428 g/mol. The van der Waals surface area contributed by atoms with Gasteiger partial charge in [0.1, 0.15) is 12.2 Å². The lowest BCUT2D eigenvalue weighted by atomic mass is 10.1. The van der Waals surface area contributed by atoms with E-state index in [-0.39, 0.29) is 18.8 Å². The highest BCUT2D eigenvalue weighted by Gasteiger charge is 2.24. The van der Waals surface area contributed by atoms with Crippen LogP contribution in [-0.2, 0) is 30.3 Å². The van der Waals surface area contributed by atoms with Crippen LogP contribution in [0, 0.1) is 0 Å². The minimum Gasteiger partial charge on any atom is -0.445 e. The molecule has 1 aliphatic heterocycles. The number of alkyl carbamates (subject to hydrolysis) is 1. The van der Waals surface area contributed by atoms with Crippen LogP contribution in [0.1, 0.15) is 39.2 Å². The third-order valence-corrected chi connectivity index (χ3v) is 4.77. The van der Waals surface area contributed by atoms with Gasteiger partial charge < -0.3 is 33.9 Å². The van der Waals surface area contributed by atoms with Crippen molar-refractivity contribution in [2.75, 3.05) is 52.7 Å². The molecule has 0 aromatic heterocycles. The average Bonchev–Trinajstić information content (AvgIpc) is 2.78. The maximum Gasteiger partial charge on any atom is 0.410 e. The maximum absolute atomic E-state index is 12.2. The minimum absolute atomic E-state index is 0.127. The molecule has 1 aromatic carbocycles. The Hall–Kier alpha value is -2.36. The highest BCUT2D eigenvalue weighted by molar-refractivity contribution is 5.68. The molecule has 0 unspecified atom stereocenters. The highest BCUT2D eigenvalue weighted by atomic mass is 16.6. The monoisotopic (exact) mass is 466 g/mol. The van der Waals surface area contributed by atoms with Gasteiger partial charge in [0.05, 0.1) is 39.1 Å². The summed E-state index contributed by atoms with van der Waals surface area (Å²) < 4.78 is 27.3. The lowest BCUT2D eigenvalue weighted by molar-refractivity contribution is -0.0307. The second-order valence-electron chi connectivity index (χ2n) is 8.75. The standard InChI is InChI=1S/C24H38N2O7/c1-24(2,3)33-22(27)25-11-14-29-15-16-30-17-18-31-21-9-12-26(13-10-21)23(28)32-19-20-7-5-4-6-8-20/h4-8,21H,9-19H2,1-3H3,(H,25,27). The van der Waals surface area contributed by atoms with Crippen LogP contribution < -0.4 is 5.32 Å². The number of nitrogens with one attached hydrogen (secondary N) is 1. The summed E-state index contributed by atoms with van der Waals surface area (Å²) in [4.78, 5) is 25.4. The first-order valence-corrected chi connectivity index (χ1v) is 11.5. The Balaban J connectivity index is 1.40. The third kappa shape index (κ3) is 12.5. The molecule has 1 N–H and O–H groups in total. The van der Waals surface area contributed by atoms with Gasteiger partial charge in [-0.1, -0.05) is 30.3 Å². The van der Waals surface area contributed by atoms with Crippen molar-refractivity contribution in [3.8, 4) is 0 Å². The first-order valence-electron chi connectivity index (χ1n) is 11.5. The van der Waals surface area contributed by atoms with Crippen molar-refractivity contribution in [2.45, 2.75) is 51.9 Å². The van der Waals surface area contributed by atoms with Gasteiger partial charge in [-0.15, -0.1) is 0 Å². The van der Waals surface area contributed by atoms with Crippen molar-refractivity contribution < 1.29 is 33.3 Å². The number of piperidine rings is 1. The molecule has 1 aromatic rings. The van der Waals surface area contributed by atoms with Crippen LogP contribution in [0.3, 0.4) is 0 Å². The van der Waals surface area contributed by atoms with Crippen LogP contribution in [0.2, 0.25) is 0 Å². The molecular formula is C24H38N2O7. The number of rotatable bonds is 12. The van der Waals surface area contributed by atoms with Crippen LogP contribution in [0.25, 0.3) is 0 Å². The van der Waals surface area contributed by atoms with Gasteiger partial charge in [-0.05, 0) is 39.2 Å². The SMILES string of the molecule is CC(C)(C)OC(=O)NCCOCCOCCOC1CCN(C(=O)OCc2ccccc2)CC1. The number of hydrogen-bond donors (Lipinski definition) is 1. The molecule has 1 saturated heterocycles. The normalized spacial score (nSPS) is 14.7. The maximum atomic E-state index is 12.2. The van der Waals surface area contributed by atoms with Gasteiger partial charge >= 0.3 is 12.2 Å². The van der Waals surface area contributed by atoms with Gasteiger partial charge in [0, 0.05) is 19.6 Å². The second-order valence-corrected chi connectivity index (χ2v) is 8.75. The molecule has 2 amide bonds. The van der Waals surface area contributed by atoms with E-state index in [2.05, 4.69) is 5.32 Å². The molecule has 1 aliphatic rings. The Morgan fingerprint density at radius 2 is 1.61 bits per heavy atom. The molecule has 2 rings (SSSR count). The van der Waals surface area contributed by atoms with Gasteiger partial charge in [0.2, 0.25) is 0 Å².